The maximum Gasteiger partial charge on any atom is 0.279 e. The van der Waals surface area contributed by atoms with Gasteiger partial charge in [0.1, 0.15) is 5.75 Å². The first kappa shape index (κ1) is 22.9. The summed E-state index contributed by atoms with van der Waals surface area (Å²) in [5.74, 6) is -0.632. The first-order valence-electron chi connectivity index (χ1n) is 8.73. The predicted molar refractivity (Wildman–Crippen MR) is 112 cm³/mol. The Morgan fingerprint density at radius 2 is 1.66 bits per heavy atom. The average Bonchev–Trinajstić information content (AvgIpc) is 2.65. The fraction of sp³-hybridized carbons (Fsp3) is 0.263. The predicted octanol–water partition coefficient (Wildman–Crippen LogP) is 2.36. The number of rotatable bonds is 7. The fourth-order valence-electron chi connectivity index (χ4n) is 2.25. The SMILES string of the molecule is CC(C)NS(=O)(=O)c1ccc(C(=O)NNC(=O)C(C)Oc2cccc(Br)c2)cc1. The van der Waals surface area contributed by atoms with E-state index in [0.29, 0.717) is 5.75 Å². The van der Waals surface area contributed by atoms with Crippen LogP contribution in [0.3, 0.4) is 0 Å². The summed E-state index contributed by atoms with van der Waals surface area (Å²) < 4.78 is 33.0. The monoisotopic (exact) mass is 483 g/mol. The van der Waals surface area contributed by atoms with Crippen molar-refractivity contribution in [2.24, 2.45) is 0 Å². The van der Waals surface area contributed by atoms with E-state index in [1.165, 1.54) is 24.3 Å². The molecule has 0 heterocycles. The number of carbonyl (C=O) groups is 2. The van der Waals surface area contributed by atoms with Crippen molar-refractivity contribution in [1.29, 1.82) is 0 Å². The van der Waals surface area contributed by atoms with Gasteiger partial charge < -0.3 is 4.74 Å². The molecule has 1 atom stereocenters. The molecule has 0 aromatic heterocycles. The standard InChI is InChI=1S/C19H22BrN3O5S/c1-12(2)23-29(26,27)17-9-7-14(8-10-17)19(25)22-21-18(24)13(3)28-16-6-4-5-15(20)11-16/h4-13,23H,1-3H3,(H,21,24)(H,22,25). The van der Waals surface area contributed by atoms with Crippen molar-refractivity contribution in [2.75, 3.05) is 0 Å². The van der Waals surface area contributed by atoms with Gasteiger partial charge in [0.15, 0.2) is 6.10 Å². The average molecular weight is 484 g/mol. The van der Waals surface area contributed by atoms with E-state index >= 15 is 0 Å². The number of nitrogens with one attached hydrogen (secondary N) is 3. The van der Waals surface area contributed by atoms with Crippen LogP contribution in [0.25, 0.3) is 0 Å². The van der Waals surface area contributed by atoms with Crippen LogP contribution < -0.4 is 20.3 Å². The Labute approximate surface area is 178 Å². The van der Waals surface area contributed by atoms with E-state index < -0.39 is 27.9 Å². The van der Waals surface area contributed by atoms with E-state index in [0.717, 1.165) is 4.47 Å². The van der Waals surface area contributed by atoms with Gasteiger partial charge in [-0.1, -0.05) is 22.0 Å². The molecule has 0 spiro atoms. The third-order valence-electron chi connectivity index (χ3n) is 3.60. The van der Waals surface area contributed by atoms with Gasteiger partial charge >= 0.3 is 0 Å². The van der Waals surface area contributed by atoms with E-state index in [1.54, 1.807) is 39.0 Å². The third kappa shape index (κ3) is 6.84. The highest BCUT2D eigenvalue weighted by atomic mass is 79.9. The second-order valence-electron chi connectivity index (χ2n) is 6.46. The van der Waals surface area contributed by atoms with Crippen molar-refractivity contribution >= 4 is 37.8 Å². The van der Waals surface area contributed by atoms with Crippen molar-refractivity contribution in [2.45, 2.75) is 37.8 Å². The third-order valence-corrected chi connectivity index (χ3v) is 5.76. The molecule has 2 aromatic rings. The molecule has 0 saturated carbocycles. The van der Waals surface area contributed by atoms with Crippen molar-refractivity contribution in [3.8, 4) is 5.75 Å². The van der Waals surface area contributed by atoms with Gasteiger partial charge in [0.05, 0.1) is 4.90 Å². The van der Waals surface area contributed by atoms with Gasteiger partial charge in [-0.2, -0.15) is 0 Å². The summed E-state index contributed by atoms with van der Waals surface area (Å²) in [6.45, 7) is 4.97. The van der Waals surface area contributed by atoms with Gasteiger partial charge in [0, 0.05) is 16.1 Å². The summed E-state index contributed by atoms with van der Waals surface area (Å²) in [7, 11) is -3.64. The minimum Gasteiger partial charge on any atom is -0.481 e. The number of hydrogen-bond acceptors (Lipinski definition) is 5. The number of hydrogen-bond donors (Lipinski definition) is 3. The maximum atomic E-state index is 12.2. The number of halogens is 1. The quantitative estimate of drug-likeness (QED) is 0.523. The molecule has 0 bridgehead atoms. The minimum atomic E-state index is -3.64. The molecular weight excluding hydrogens is 462 g/mol. The van der Waals surface area contributed by atoms with Crippen LogP contribution in [0.15, 0.2) is 57.9 Å². The largest absolute Gasteiger partial charge is 0.481 e. The van der Waals surface area contributed by atoms with Crippen LogP contribution in [-0.4, -0.2) is 32.4 Å². The lowest BCUT2D eigenvalue weighted by molar-refractivity contribution is -0.128. The van der Waals surface area contributed by atoms with E-state index in [4.69, 9.17) is 4.74 Å². The maximum absolute atomic E-state index is 12.2. The normalized spacial score (nSPS) is 12.3. The minimum absolute atomic E-state index is 0.0443. The molecule has 0 aliphatic carbocycles. The molecule has 156 valence electrons. The molecule has 10 heteroatoms. The van der Waals surface area contributed by atoms with E-state index in [1.807, 2.05) is 6.07 Å². The van der Waals surface area contributed by atoms with Gasteiger partial charge in [-0.05, 0) is 63.2 Å². The highest BCUT2D eigenvalue weighted by Gasteiger charge is 2.18. The van der Waals surface area contributed by atoms with E-state index in [9.17, 15) is 18.0 Å². The summed E-state index contributed by atoms with van der Waals surface area (Å²) in [6, 6.07) is 12.1. The van der Waals surface area contributed by atoms with E-state index in [-0.39, 0.29) is 16.5 Å². The molecule has 0 radical (unpaired) electrons. The molecular formula is C19H22BrN3O5S. The Hall–Kier alpha value is -2.43. The Bertz CT molecular complexity index is 978. The molecule has 2 rings (SSSR count). The Morgan fingerprint density at radius 1 is 1.00 bits per heavy atom. The van der Waals surface area contributed by atoms with Crippen LogP contribution in [0.4, 0.5) is 0 Å². The lowest BCUT2D eigenvalue weighted by Crippen LogP contribution is -2.47. The van der Waals surface area contributed by atoms with Crippen molar-refractivity contribution in [3.63, 3.8) is 0 Å². The highest BCUT2D eigenvalue weighted by Crippen LogP contribution is 2.18. The first-order valence-corrected chi connectivity index (χ1v) is 11.0. The molecule has 29 heavy (non-hydrogen) atoms. The summed E-state index contributed by atoms with van der Waals surface area (Å²) in [6.07, 6.45) is -0.848. The number of benzene rings is 2. The van der Waals surface area contributed by atoms with Crippen LogP contribution in [0.2, 0.25) is 0 Å². The zero-order valence-electron chi connectivity index (χ0n) is 16.1. The Balaban J connectivity index is 1.92. The van der Waals surface area contributed by atoms with Gasteiger partial charge in [0.25, 0.3) is 11.8 Å². The summed E-state index contributed by atoms with van der Waals surface area (Å²) in [5.41, 5.74) is 4.74. The van der Waals surface area contributed by atoms with Crippen LogP contribution in [-0.2, 0) is 14.8 Å². The highest BCUT2D eigenvalue weighted by molar-refractivity contribution is 9.10. The molecule has 2 aromatic carbocycles. The van der Waals surface area contributed by atoms with Crippen LogP contribution in [0.1, 0.15) is 31.1 Å². The molecule has 0 aliphatic rings. The molecule has 1 unspecified atom stereocenters. The summed E-state index contributed by atoms with van der Waals surface area (Å²) in [4.78, 5) is 24.3. The molecule has 3 N–H and O–H groups in total. The lowest BCUT2D eigenvalue weighted by atomic mass is 10.2. The number of ether oxygens (including phenoxy) is 1. The van der Waals surface area contributed by atoms with Crippen LogP contribution >= 0.6 is 15.9 Å². The molecule has 0 fully saturated rings. The van der Waals surface area contributed by atoms with Crippen LogP contribution in [0.5, 0.6) is 5.75 Å². The second kappa shape index (κ2) is 9.86. The summed E-state index contributed by atoms with van der Waals surface area (Å²) in [5, 5.41) is 0. The van der Waals surface area contributed by atoms with Crippen molar-refractivity contribution in [1.82, 2.24) is 15.6 Å². The molecule has 2 amide bonds. The first-order chi connectivity index (χ1) is 13.6. The molecule has 0 saturated heterocycles. The van der Waals surface area contributed by atoms with E-state index in [2.05, 4.69) is 31.5 Å². The lowest BCUT2D eigenvalue weighted by Gasteiger charge is -2.15. The number of amides is 2. The van der Waals surface area contributed by atoms with Gasteiger partial charge in [-0.25, -0.2) is 13.1 Å². The molecule has 8 nitrogen and oxygen atoms in total. The number of hydrazine groups is 1. The zero-order chi connectivity index (χ0) is 21.6. The Kier molecular flexibility index (Phi) is 7.77. The topological polar surface area (TPSA) is 114 Å². The van der Waals surface area contributed by atoms with Crippen molar-refractivity contribution in [3.05, 3.63) is 58.6 Å². The number of carbonyl (C=O) groups excluding carboxylic acids is 2. The van der Waals surface area contributed by atoms with Gasteiger partial charge in [0.2, 0.25) is 10.0 Å². The Morgan fingerprint density at radius 3 is 2.24 bits per heavy atom. The van der Waals surface area contributed by atoms with Gasteiger partial charge in [-0.15, -0.1) is 0 Å². The molecule has 0 aliphatic heterocycles. The van der Waals surface area contributed by atoms with Crippen molar-refractivity contribution < 1.29 is 22.7 Å². The number of sulfonamides is 1. The second-order valence-corrected chi connectivity index (χ2v) is 9.09. The van der Waals surface area contributed by atoms with Gasteiger partial charge in [-0.3, -0.25) is 20.4 Å². The summed E-state index contributed by atoms with van der Waals surface area (Å²) >= 11 is 3.31. The fourth-order valence-corrected chi connectivity index (χ4v) is 3.88. The zero-order valence-corrected chi connectivity index (χ0v) is 18.5. The van der Waals surface area contributed by atoms with Crippen LogP contribution in [0, 0.1) is 0 Å². The smallest absolute Gasteiger partial charge is 0.279 e.